The van der Waals surface area contributed by atoms with Gasteiger partial charge in [-0.05, 0) is 42.8 Å². The summed E-state index contributed by atoms with van der Waals surface area (Å²) in [5.41, 5.74) is 5.83. The van der Waals surface area contributed by atoms with Crippen molar-refractivity contribution in [2.24, 2.45) is 0 Å². The van der Waals surface area contributed by atoms with E-state index in [0.717, 1.165) is 33.3 Å². The van der Waals surface area contributed by atoms with Crippen molar-refractivity contribution in [3.63, 3.8) is 0 Å². The molecule has 1 unspecified atom stereocenters. The van der Waals surface area contributed by atoms with E-state index in [1.165, 1.54) is 0 Å². The van der Waals surface area contributed by atoms with Gasteiger partial charge in [-0.2, -0.15) is 0 Å². The average Bonchev–Trinajstić information content (AvgIpc) is 3.27. The van der Waals surface area contributed by atoms with Crippen LogP contribution < -0.4 is 4.90 Å². The Labute approximate surface area is 188 Å². The number of amides is 1. The van der Waals surface area contributed by atoms with Crippen LogP contribution in [0.25, 0.3) is 10.9 Å². The Kier molecular flexibility index (Phi) is 5.30. The fraction of sp³-hybridized carbons (Fsp3) is 0.0690. The number of benzene rings is 4. The molecular weight excluding hydrogens is 392 g/mol. The Morgan fingerprint density at radius 3 is 2.09 bits per heavy atom. The van der Waals surface area contributed by atoms with Gasteiger partial charge < -0.3 is 4.98 Å². The Bertz CT molecular complexity index is 1340. The first-order valence-electron chi connectivity index (χ1n) is 10.8. The lowest BCUT2D eigenvalue weighted by Crippen LogP contribution is -2.35. The highest BCUT2D eigenvalue weighted by atomic mass is 16.2. The zero-order valence-electron chi connectivity index (χ0n) is 17.9. The molecule has 32 heavy (non-hydrogen) atoms. The molecule has 0 aliphatic rings. The predicted octanol–water partition coefficient (Wildman–Crippen LogP) is 6.91. The van der Waals surface area contributed by atoms with E-state index in [0.29, 0.717) is 5.56 Å². The molecule has 1 N–H and O–H groups in total. The van der Waals surface area contributed by atoms with Gasteiger partial charge in [0, 0.05) is 33.9 Å². The number of aryl methyl sites for hydroxylation is 1. The quantitative estimate of drug-likeness (QED) is 0.332. The molecule has 0 bridgehead atoms. The van der Waals surface area contributed by atoms with E-state index in [2.05, 4.69) is 29.2 Å². The van der Waals surface area contributed by atoms with E-state index in [1.54, 1.807) is 0 Å². The number of hydrogen-bond donors (Lipinski definition) is 1. The number of nitrogens with one attached hydrogen (secondary N) is 1. The summed E-state index contributed by atoms with van der Waals surface area (Å²) in [5, 5.41) is 1.11. The average molecular weight is 417 g/mol. The molecule has 0 saturated heterocycles. The smallest absolute Gasteiger partial charge is 0.259 e. The molecule has 3 heteroatoms. The minimum absolute atomic E-state index is 0.0321. The number of para-hydroxylation sites is 2. The molecule has 1 aromatic heterocycles. The third-order valence-corrected chi connectivity index (χ3v) is 5.84. The summed E-state index contributed by atoms with van der Waals surface area (Å²) in [6, 6.07) is 35.9. The summed E-state index contributed by atoms with van der Waals surface area (Å²) in [7, 11) is 0. The van der Waals surface area contributed by atoms with E-state index in [-0.39, 0.29) is 11.9 Å². The van der Waals surface area contributed by atoms with Crippen LogP contribution in [0.5, 0.6) is 0 Å². The van der Waals surface area contributed by atoms with Gasteiger partial charge in [-0.3, -0.25) is 9.69 Å². The highest BCUT2D eigenvalue weighted by Crippen LogP contribution is 2.37. The van der Waals surface area contributed by atoms with Crippen LogP contribution in [0.4, 0.5) is 5.69 Å². The highest BCUT2D eigenvalue weighted by Gasteiger charge is 2.30. The van der Waals surface area contributed by atoms with E-state index >= 15 is 0 Å². The first kappa shape index (κ1) is 19.8. The maximum absolute atomic E-state index is 14.0. The molecule has 5 rings (SSSR count). The van der Waals surface area contributed by atoms with Crippen LogP contribution in [0.1, 0.15) is 33.1 Å². The monoisotopic (exact) mass is 416 g/mol. The van der Waals surface area contributed by atoms with Gasteiger partial charge in [0.15, 0.2) is 0 Å². The Hall–Kier alpha value is -4.11. The van der Waals surface area contributed by atoms with Gasteiger partial charge in [-0.15, -0.1) is 0 Å². The number of carbonyl (C=O) groups is 1. The standard InChI is InChI=1S/C29H24N2O/c1-21-16-18-23(19-17-21)29(32)31(24-12-6-3-7-13-24)28(22-10-4-2-5-11-22)26-20-30-27-15-9-8-14-25(26)27/h2-20,28,30H,1H3. The van der Waals surface area contributed by atoms with Crippen LogP contribution in [-0.2, 0) is 0 Å². The second-order valence-electron chi connectivity index (χ2n) is 7.98. The van der Waals surface area contributed by atoms with Gasteiger partial charge in [-0.1, -0.05) is 84.4 Å². The maximum Gasteiger partial charge on any atom is 0.259 e. The minimum atomic E-state index is -0.288. The van der Waals surface area contributed by atoms with Crippen LogP contribution in [0.3, 0.4) is 0 Å². The molecule has 156 valence electrons. The van der Waals surface area contributed by atoms with E-state index in [4.69, 9.17) is 0 Å². The number of fused-ring (bicyclic) bond motifs is 1. The third kappa shape index (κ3) is 3.69. The van der Waals surface area contributed by atoms with Crippen LogP contribution in [0.15, 0.2) is 115 Å². The molecule has 1 heterocycles. The van der Waals surface area contributed by atoms with E-state index in [9.17, 15) is 4.79 Å². The molecule has 5 aromatic rings. The topological polar surface area (TPSA) is 36.1 Å². The van der Waals surface area contributed by atoms with Crippen molar-refractivity contribution in [1.82, 2.24) is 4.98 Å². The van der Waals surface area contributed by atoms with Crippen LogP contribution >= 0.6 is 0 Å². The maximum atomic E-state index is 14.0. The molecule has 0 saturated carbocycles. The normalized spacial score (nSPS) is 11.9. The van der Waals surface area contributed by atoms with Crippen molar-refractivity contribution >= 4 is 22.5 Å². The van der Waals surface area contributed by atoms with Crippen molar-refractivity contribution in [2.45, 2.75) is 13.0 Å². The molecule has 4 aromatic carbocycles. The molecule has 1 amide bonds. The fourth-order valence-corrected chi connectivity index (χ4v) is 4.23. The van der Waals surface area contributed by atoms with Gasteiger partial charge >= 0.3 is 0 Å². The Morgan fingerprint density at radius 2 is 1.38 bits per heavy atom. The second kappa shape index (κ2) is 8.56. The summed E-state index contributed by atoms with van der Waals surface area (Å²) in [6.07, 6.45) is 2.03. The van der Waals surface area contributed by atoms with Crippen molar-refractivity contribution < 1.29 is 4.79 Å². The molecule has 0 aliphatic heterocycles. The molecule has 0 fully saturated rings. The molecule has 0 radical (unpaired) electrons. The van der Waals surface area contributed by atoms with Gasteiger partial charge in [-0.25, -0.2) is 0 Å². The first-order valence-corrected chi connectivity index (χ1v) is 10.8. The van der Waals surface area contributed by atoms with Crippen LogP contribution in [0.2, 0.25) is 0 Å². The molecule has 0 aliphatic carbocycles. The van der Waals surface area contributed by atoms with Crippen molar-refractivity contribution in [3.05, 3.63) is 138 Å². The zero-order valence-corrected chi connectivity index (χ0v) is 17.9. The molecule has 0 spiro atoms. The van der Waals surface area contributed by atoms with E-state index in [1.807, 2.05) is 103 Å². The van der Waals surface area contributed by atoms with E-state index < -0.39 is 0 Å². The summed E-state index contributed by atoms with van der Waals surface area (Å²) in [6.45, 7) is 2.03. The Morgan fingerprint density at radius 1 is 0.750 bits per heavy atom. The van der Waals surface area contributed by atoms with Crippen molar-refractivity contribution in [3.8, 4) is 0 Å². The molecular formula is C29H24N2O. The summed E-state index contributed by atoms with van der Waals surface area (Å²) in [4.78, 5) is 19.3. The van der Waals surface area contributed by atoms with Crippen LogP contribution in [-0.4, -0.2) is 10.9 Å². The van der Waals surface area contributed by atoms with Gasteiger partial charge in [0.25, 0.3) is 5.91 Å². The number of aromatic amines is 1. The van der Waals surface area contributed by atoms with Gasteiger partial charge in [0.05, 0.1) is 6.04 Å². The molecule has 1 atom stereocenters. The SMILES string of the molecule is Cc1ccc(C(=O)N(c2ccccc2)C(c2ccccc2)c2c[nH]c3ccccc23)cc1. The highest BCUT2D eigenvalue weighted by molar-refractivity contribution is 6.07. The number of carbonyl (C=O) groups excluding carboxylic acids is 1. The lowest BCUT2D eigenvalue weighted by molar-refractivity contribution is 0.0980. The number of anilines is 1. The lowest BCUT2D eigenvalue weighted by Gasteiger charge is -2.32. The van der Waals surface area contributed by atoms with Crippen molar-refractivity contribution in [2.75, 3.05) is 4.90 Å². The third-order valence-electron chi connectivity index (χ3n) is 5.84. The molecule has 3 nitrogen and oxygen atoms in total. The Balaban J connectivity index is 1.74. The number of rotatable bonds is 5. The fourth-order valence-electron chi connectivity index (χ4n) is 4.23. The number of aromatic nitrogens is 1. The lowest BCUT2D eigenvalue weighted by atomic mass is 9.95. The number of nitrogens with zero attached hydrogens (tertiary/aromatic N) is 1. The van der Waals surface area contributed by atoms with Crippen LogP contribution in [0, 0.1) is 6.92 Å². The second-order valence-corrected chi connectivity index (χ2v) is 7.98. The first-order chi connectivity index (χ1) is 15.7. The number of H-pyrrole nitrogens is 1. The van der Waals surface area contributed by atoms with Gasteiger partial charge in [0.2, 0.25) is 0 Å². The summed E-state index contributed by atoms with van der Waals surface area (Å²) < 4.78 is 0. The van der Waals surface area contributed by atoms with Crippen molar-refractivity contribution in [1.29, 1.82) is 0 Å². The zero-order chi connectivity index (χ0) is 21.9. The summed E-state index contributed by atoms with van der Waals surface area (Å²) >= 11 is 0. The van der Waals surface area contributed by atoms with Gasteiger partial charge in [0.1, 0.15) is 0 Å². The number of hydrogen-bond acceptors (Lipinski definition) is 1. The summed E-state index contributed by atoms with van der Waals surface area (Å²) in [5.74, 6) is -0.0321. The predicted molar refractivity (Wildman–Crippen MR) is 131 cm³/mol. The minimum Gasteiger partial charge on any atom is -0.361 e. The largest absolute Gasteiger partial charge is 0.361 e.